The zero-order valence-corrected chi connectivity index (χ0v) is 58.6. The highest BCUT2D eigenvalue weighted by molar-refractivity contribution is 7.03. The summed E-state index contributed by atoms with van der Waals surface area (Å²) in [7, 11) is 0. The summed E-state index contributed by atoms with van der Waals surface area (Å²) < 4.78 is 179. The number of hydrogen-bond acceptors (Lipinski definition) is 5. The molecule has 0 radical (unpaired) electrons. The molecule has 0 fully saturated rings. The van der Waals surface area contributed by atoms with E-state index in [1.165, 1.54) is 0 Å². The van der Waals surface area contributed by atoms with E-state index in [1.807, 2.05) is 168 Å². The Morgan fingerprint density at radius 3 is 1.14 bits per heavy atom. The highest BCUT2D eigenvalue weighted by Crippen LogP contribution is 2.57. The van der Waals surface area contributed by atoms with Crippen LogP contribution in [0.1, 0.15) is 101 Å². The maximum Gasteiger partial charge on any atom is 0.260 e. The molecule has 4 aliphatic rings. The van der Waals surface area contributed by atoms with Crippen molar-refractivity contribution in [3.05, 3.63) is 332 Å². The zero-order chi connectivity index (χ0) is 84.0. The van der Waals surface area contributed by atoms with Crippen molar-refractivity contribution in [3.63, 3.8) is 0 Å². The molecule has 5 nitrogen and oxygen atoms in total. The molecule has 0 N–H and O–H groups in total. The zero-order valence-electron chi connectivity index (χ0n) is 74.6. The number of hydrogen-bond donors (Lipinski definition) is 0. The van der Waals surface area contributed by atoms with Gasteiger partial charge in [-0.25, -0.2) is 0 Å². The molecule has 0 unspecified atom stereocenters. The van der Waals surface area contributed by atoms with Crippen LogP contribution >= 0.6 is 0 Å². The molecule has 4 heterocycles. The lowest BCUT2D eigenvalue weighted by Crippen LogP contribution is -2.65. The van der Waals surface area contributed by atoms with E-state index in [9.17, 15) is 21.9 Å². The lowest BCUT2D eigenvalue weighted by atomic mass is 9.30. The quantitative estimate of drug-likeness (QED) is 0.127. The van der Waals surface area contributed by atoms with E-state index in [2.05, 4.69) is 98.7 Å². The fourth-order valence-electron chi connectivity index (χ4n) is 15.2. The van der Waals surface area contributed by atoms with Gasteiger partial charge >= 0.3 is 0 Å². The number of para-hydroxylation sites is 4. The molecule has 0 saturated carbocycles. The van der Waals surface area contributed by atoms with Gasteiger partial charge in [0.1, 0.15) is 23.0 Å². The van der Waals surface area contributed by atoms with Gasteiger partial charge < -0.3 is 24.2 Å². The first kappa shape index (κ1) is 48.1. The van der Waals surface area contributed by atoms with E-state index in [4.69, 9.17) is 9.47 Å². The minimum Gasteiger partial charge on any atom is -0.459 e. The largest absolute Gasteiger partial charge is 0.459 e. The average molecular weight is 1340 g/mol. The Balaban J connectivity index is 1.09. The Kier molecular flexibility index (Phi) is 11.4. The Labute approximate surface area is 629 Å². The van der Waals surface area contributed by atoms with Crippen molar-refractivity contribution in [1.29, 1.82) is 0 Å². The smallest absolute Gasteiger partial charge is 0.260 e. The summed E-state index contributed by atoms with van der Waals surface area (Å²) in [5.41, 5.74) is 8.69. The van der Waals surface area contributed by atoms with Gasteiger partial charge in [0.25, 0.3) is 13.4 Å². The maximum atomic E-state index is 11.7. The van der Waals surface area contributed by atoms with Crippen LogP contribution in [0.5, 0.6) is 23.0 Å². The van der Waals surface area contributed by atoms with Gasteiger partial charge in [-0.05, 0) is 185 Å². The van der Waals surface area contributed by atoms with Gasteiger partial charge in [0.15, 0.2) is 0 Å². The summed E-state index contributed by atoms with van der Waals surface area (Å²) in [6.45, 7) is 16.0. The highest BCUT2D eigenvalue weighted by Gasteiger charge is 2.51. The topological polar surface area (TPSA) is 28.2 Å². The van der Waals surface area contributed by atoms with E-state index in [0.29, 0.717) is 61.8 Å². The summed E-state index contributed by atoms with van der Waals surface area (Å²) in [5, 5.41) is 0. The predicted molar refractivity (Wildman–Crippen MR) is 436 cm³/mol. The van der Waals surface area contributed by atoms with Crippen molar-refractivity contribution in [1.82, 2.24) is 0 Å². The van der Waals surface area contributed by atoms with Crippen LogP contribution < -0.4 is 57.0 Å². The van der Waals surface area contributed by atoms with Gasteiger partial charge in [-0.2, -0.15) is 0 Å². The number of rotatable bonds is 10. The van der Waals surface area contributed by atoms with Gasteiger partial charge in [0, 0.05) is 73.6 Å². The number of anilines is 9. The lowest BCUT2D eigenvalue weighted by Gasteiger charge is -2.48. The first-order valence-electron chi connectivity index (χ1n) is 43.0. The molecule has 0 saturated heterocycles. The number of nitrogens with zero attached hydrogens (tertiary/aromatic N) is 3. The first-order valence-corrected chi connectivity index (χ1v) is 35.0. The Hall–Kier alpha value is -11.8. The van der Waals surface area contributed by atoms with Gasteiger partial charge in [0.2, 0.25) is 0 Å². The molecular formula is C96H79B2N3O2. The molecule has 0 aromatic heterocycles. The van der Waals surface area contributed by atoms with Crippen LogP contribution in [0.2, 0.25) is 0 Å². The molecule has 14 aromatic carbocycles. The van der Waals surface area contributed by atoms with Crippen LogP contribution in [0.25, 0.3) is 55.6 Å². The van der Waals surface area contributed by atoms with Crippen molar-refractivity contribution < 1.29 is 31.4 Å². The van der Waals surface area contributed by atoms with Crippen LogP contribution in [0.4, 0.5) is 51.2 Å². The van der Waals surface area contributed by atoms with Gasteiger partial charge in [-0.1, -0.05) is 280 Å². The second-order valence-electron chi connectivity index (χ2n) is 29.9. The van der Waals surface area contributed by atoms with Crippen LogP contribution in [0.3, 0.4) is 0 Å². The number of ether oxygens (including phenoxy) is 2. The number of fused-ring (bicyclic) bond motifs is 9. The van der Waals surface area contributed by atoms with Crippen molar-refractivity contribution in [2.75, 3.05) is 14.7 Å². The van der Waals surface area contributed by atoms with E-state index in [-0.39, 0.29) is 67.7 Å². The van der Waals surface area contributed by atoms with Crippen molar-refractivity contribution in [2.24, 2.45) is 0 Å². The maximum absolute atomic E-state index is 11.7. The summed E-state index contributed by atoms with van der Waals surface area (Å²) in [4.78, 5) is 5.68. The molecule has 7 heteroatoms. The molecule has 0 atom stereocenters. The second kappa shape index (κ2) is 24.5. The highest BCUT2D eigenvalue weighted by atomic mass is 16.5. The SMILES string of the molecule is [2H]c1c([2H])c([2H])c2c(c1[2H])Oc1c([2H])c3c(c4c1B2c1c([2H])c([2H])c([2H])c([2H])c1O4)B1c2c(cc(C(C)(C)C)cc2N3c2c(-c3ccccc3)cc(C(C)(C)C)cc2-c2ccccc2)N(c2c(-c3ccccc3)cc(C(C)(C)C)cc2-c2ccccc2)c2c([2H])c(-c3c([2H])c([2H])c(N(c4ccccc4)c4ccccc4)c([2H])c3[2H])c([2H])c([2H])c21. The monoisotopic (exact) mass is 1340 g/mol. The summed E-state index contributed by atoms with van der Waals surface area (Å²) >= 11 is 0. The number of benzene rings is 14. The molecular weight excluding hydrogens is 1250 g/mol. The van der Waals surface area contributed by atoms with E-state index in [1.54, 1.807) is 29.2 Å². The lowest BCUT2D eigenvalue weighted by molar-refractivity contribution is 0.467. The Bertz CT molecular complexity index is 6440. The van der Waals surface area contributed by atoms with Crippen molar-refractivity contribution in [3.8, 4) is 78.6 Å². The van der Waals surface area contributed by atoms with E-state index < -0.39 is 137 Å². The van der Waals surface area contributed by atoms with E-state index in [0.717, 1.165) is 38.9 Å². The van der Waals surface area contributed by atoms with Gasteiger partial charge in [0.05, 0.1) is 33.3 Å². The normalized spacial score (nSPS) is 15.3. The molecule has 0 aliphatic carbocycles. The molecule has 4 aliphatic heterocycles. The Morgan fingerprint density at radius 1 is 0.311 bits per heavy atom. The average Bonchev–Trinajstić information content (AvgIpc) is 0.662. The molecule has 18 rings (SSSR count). The van der Waals surface area contributed by atoms with E-state index >= 15 is 0 Å². The minimum atomic E-state index is -1.58. The molecule has 496 valence electrons. The third-order valence-electron chi connectivity index (χ3n) is 20.3. The second-order valence-corrected chi connectivity index (χ2v) is 29.9. The van der Waals surface area contributed by atoms with Crippen LogP contribution in [-0.4, -0.2) is 13.4 Å². The Morgan fingerprint density at radius 2 is 0.699 bits per heavy atom. The molecule has 103 heavy (non-hydrogen) atoms. The molecule has 0 amide bonds. The van der Waals surface area contributed by atoms with Gasteiger partial charge in [-0.15, -0.1) is 0 Å². The predicted octanol–water partition coefficient (Wildman–Crippen LogP) is 22.2. The van der Waals surface area contributed by atoms with Crippen LogP contribution in [0.15, 0.2) is 315 Å². The first-order chi connectivity index (χ1) is 56.7. The van der Waals surface area contributed by atoms with Crippen LogP contribution in [0, 0.1) is 0 Å². The molecule has 0 spiro atoms. The summed E-state index contributed by atoms with van der Waals surface area (Å²) in [6, 6.07) is 61.2. The summed E-state index contributed by atoms with van der Waals surface area (Å²) in [6.07, 6.45) is 0. The molecule has 0 bridgehead atoms. The fourth-order valence-corrected chi connectivity index (χ4v) is 15.2. The van der Waals surface area contributed by atoms with Crippen LogP contribution in [-0.2, 0) is 16.2 Å². The summed E-state index contributed by atoms with van der Waals surface area (Å²) in [5.74, 6) is -1.20. The van der Waals surface area contributed by atoms with Gasteiger partial charge in [-0.3, -0.25) is 0 Å². The third-order valence-corrected chi connectivity index (χ3v) is 20.3. The standard InChI is InChI=1S/C96H79B2N3O2/c1-94(2,3)68-55-74(63-32-16-10-17-33-63)91(75(56-68)64-34-18-11-19-35-64)100-81-54-67(62-48-51-73(52-49-62)99(71-40-24-14-25-41-71)72-42-26-15-27-43-72)50-53-78(81)98-88-82(100)59-70(96(7,8)9)60-83(88)101(92-76(65-36-20-12-21-37-65)57-69(95(4,5)6)58-77(92)66-38-22-13-23-39-66)84-61-87-90-93(89(84)98)103-86-47-31-29-45-80(86)97(90)79-44-28-30-46-85(79)102-87/h10-61H,1-9H3/i28D,29D,30D,31D,44D,45D,46D,47D,48D,49D,50D,51D,52D,53D,54D,61D. The third kappa shape index (κ3) is 10.8. The van der Waals surface area contributed by atoms with Crippen molar-refractivity contribution >= 4 is 97.4 Å². The minimum absolute atomic E-state index is 0.0174. The molecule has 14 aromatic rings. The fraction of sp³-hybridized carbons (Fsp3) is 0.125. The van der Waals surface area contributed by atoms with Crippen molar-refractivity contribution in [2.45, 2.75) is 78.6 Å².